The molecule has 23 heavy (non-hydrogen) atoms. The van der Waals surface area contributed by atoms with Gasteiger partial charge in [-0.2, -0.15) is 0 Å². The summed E-state index contributed by atoms with van der Waals surface area (Å²) in [6, 6.07) is 7.81. The van der Waals surface area contributed by atoms with Gasteiger partial charge in [0.05, 0.1) is 13.2 Å². The first kappa shape index (κ1) is 15.2. The van der Waals surface area contributed by atoms with Crippen molar-refractivity contribution in [2.75, 3.05) is 31.2 Å². The fraction of sp³-hybridized carbons (Fsp3) is 0.235. The van der Waals surface area contributed by atoms with E-state index in [1.165, 1.54) is 0 Å². The largest absolute Gasteiger partial charge is 0.505 e. The van der Waals surface area contributed by atoms with Crippen molar-refractivity contribution >= 4 is 17.4 Å². The number of ether oxygens (including phenoxy) is 1. The van der Waals surface area contributed by atoms with Crippen molar-refractivity contribution in [3.05, 3.63) is 59.5 Å². The van der Waals surface area contributed by atoms with Gasteiger partial charge in [-0.3, -0.25) is 0 Å². The smallest absolute Gasteiger partial charge is 0.356 e. The zero-order valence-corrected chi connectivity index (χ0v) is 12.6. The summed E-state index contributed by atoms with van der Waals surface area (Å²) in [4.78, 5) is 13.4. The maximum absolute atomic E-state index is 11.2. The SMILES string of the molecule is C=C1C=C(c2ccc(N3CCOCC3)cc2)NC(C(=O)O)=C1O. The Balaban J connectivity index is 1.81. The first-order valence-corrected chi connectivity index (χ1v) is 7.34. The molecule has 3 rings (SSSR count). The Bertz CT molecular complexity index is 698. The quantitative estimate of drug-likeness (QED) is 0.790. The second kappa shape index (κ2) is 6.18. The Kier molecular flexibility index (Phi) is 4.08. The molecule has 1 fully saturated rings. The monoisotopic (exact) mass is 314 g/mol. The number of allylic oxidation sites excluding steroid dienone is 1. The molecule has 1 aromatic rings. The predicted octanol–water partition coefficient (Wildman–Crippen LogP) is 1.88. The third-order valence-corrected chi connectivity index (χ3v) is 3.89. The molecular weight excluding hydrogens is 296 g/mol. The molecule has 1 aromatic carbocycles. The van der Waals surface area contributed by atoms with Crippen LogP contribution >= 0.6 is 0 Å². The molecule has 2 aliphatic heterocycles. The Morgan fingerprint density at radius 2 is 1.87 bits per heavy atom. The van der Waals surface area contributed by atoms with E-state index in [9.17, 15) is 9.90 Å². The number of dihydropyridines is 1. The number of nitrogens with one attached hydrogen (secondary N) is 1. The van der Waals surface area contributed by atoms with E-state index in [0.29, 0.717) is 5.70 Å². The van der Waals surface area contributed by atoms with Crippen LogP contribution in [0, 0.1) is 0 Å². The second-order valence-electron chi connectivity index (χ2n) is 5.38. The van der Waals surface area contributed by atoms with Gasteiger partial charge in [-0.15, -0.1) is 0 Å². The highest BCUT2D eigenvalue weighted by Crippen LogP contribution is 2.26. The first-order valence-electron chi connectivity index (χ1n) is 7.34. The van der Waals surface area contributed by atoms with Crippen LogP contribution in [0.1, 0.15) is 5.56 Å². The second-order valence-corrected chi connectivity index (χ2v) is 5.38. The van der Waals surface area contributed by atoms with Crippen LogP contribution in [-0.2, 0) is 9.53 Å². The molecule has 3 N–H and O–H groups in total. The lowest BCUT2D eigenvalue weighted by molar-refractivity contribution is -0.133. The molecule has 0 amide bonds. The van der Waals surface area contributed by atoms with E-state index in [-0.39, 0.29) is 17.0 Å². The van der Waals surface area contributed by atoms with E-state index < -0.39 is 5.97 Å². The lowest BCUT2D eigenvalue weighted by Gasteiger charge is -2.29. The molecule has 6 heteroatoms. The number of aliphatic hydroxyl groups excluding tert-OH is 1. The van der Waals surface area contributed by atoms with Crippen molar-refractivity contribution in [3.8, 4) is 0 Å². The topological polar surface area (TPSA) is 82.0 Å². The number of benzene rings is 1. The van der Waals surface area contributed by atoms with Gasteiger partial charge in [-0.05, 0) is 23.8 Å². The molecule has 1 saturated heterocycles. The summed E-state index contributed by atoms with van der Waals surface area (Å²) in [5, 5.41) is 21.6. The minimum atomic E-state index is -1.22. The molecule has 2 heterocycles. The van der Waals surface area contributed by atoms with Crippen LogP contribution in [0.4, 0.5) is 5.69 Å². The maximum atomic E-state index is 11.2. The number of nitrogens with zero attached hydrogens (tertiary/aromatic N) is 1. The summed E-state index contributed by atoms with van der Waals surface area (Å²) in [6.07, 6.45) is 1.63. The van der Waals surface area contributed by atoms with Gasteiger partial charge < -0.3 is 25.2 Å². The summed E-state index contributed by atoms with van der Waals surface area (Å²) in [5.41, 5.74) is 2.54. The fourth-order valence-corrected chi connectivity index (χ4v) is 2.62. The van der Waals surface area contributed by atoms with Crippen molar-refractivity contribution < 1.29 is 19.7 Å². The van der Waals surface area contributed by atoms with Gasteiger partial charge in [-0.25, -0.2) is 4.79 Å². The number of aliphatic hydroxyl groups is 1. The van der Waals surface area contributed by atoms with Crippen LogP contribution in [0.2, 0.25) is 0 Å². The van der Waals surface area contributed by atoms with Gasteiger partial charge in [-0.1, -0.05) is 18.7 Å². The Labute approximate surface area is 134 Å². The highest BCUT2D eigenvalue weighted by atomic mass is 16.5. The Hall–Kier alpha value is -2.73. The minimum absolute atomic E-state index is 0.259. The standard InChI is InChI=1S/C17H18N2O4/c1-11-10-14(18-15(16(11)20)17(21)22)12-2-4-13(5-3-12)19-6-8-23-9-7-19/h2-5,10,18,20H,1,6-9H2,(H,21,22). The molecule has 0 unspecified atom stereocenters. The highest BCUT2D eigenvalue weighted by molar-refractivity contribution is 5.92. The summed E-state index contributed by atoms with van der Waals surface area (Å²) in [7, 11) is 0. The normalized spacial score (nSPS) is 18.5. The number of aliphatic carboxylic acids is 1. The van der Waals surface area contributed by atoms with Crippen molar-refractivity contribution in [2.24, 2.45) is 0 Å². The van der Waals surface area contributed by atoms with Gasteiger partial charge in [0.25, 0.3) is 0 Å². The van der Waals surface area contributed by atoms with E-state index in [0.717, 1.165) is 37.6 Å². The number of hydrogen-bond acceptors (Lipinski definition) is 5. The molecular formula is C17H18N2O4. The van der Waals surface area contributed by atoms with E-state index >= 15 is 0 Å². The molecule has 0 saturated carbocycles. The minimum Gasteiger partial charge on any atom is -0.505 e. The van der Waals surface area contributed by atoms with Crippen LogP contribution < -0.4 is 10.2 Å². The molecule has 6 nitrogen and oxygen atoms in total. The van der Waals surface area contributed by atoms with Gasteiger partial charge in [0, 0.05) is 30.0 Å². The predicted molar refractivity (Wildman–Crippen MR) is 87.0 cm³/mol. The number of rotatable bonds is 3. The van der Waals surface area contributed by atoms with Crippen molar-refractivity contribution in [3.63, 3.8) is 0 Å². The zero-order valence-electron chi connectivity index (χ0n) is 12.6. The van der Waals surface area contributed by atoms with Crippen LogP contribution in [0.3, 0.4) is 0 Å². The third kappa shape index (κ3) is 3.07. The number of anilines is 1. The Morgan fingerprint density at radius 1 is 1.22 bits per heavy atom. The fourth-order valence-electron chi connectivity index (χ4n) is 2.62. The summed E-state index contributed by atoms with van der Waals surface area (Å²) >= 11 is 0. The molecule has 2 aliphatic rings. The number of carboxylic acids is 1. The van der Waals surface area contributed by atoms with Crippen LogP contribution in [-0.4, -0.2) is 42.5 Å². The van der Waals surface area contributed by atoms with Crippen LogP contribution in [0.25, 0.3) is 5.70 Å². The van der Waals surface area contributed by atoms with E-state index in [2.05, 4.69) is 16.8 Å². The van der Waals surface area contributed by atoms with Crippen molar-refractivity contribution in [2.45, 2.75) is 0 Å². The van der Waals surface area contributed by atoms with Gasteiger partial charge in [0.1, 0.15) is 0 Å². The van der Waals surface area contributed by atoms with Crippen LogP contribution in [0.15, 0.2) is 53.9 Å². The maximum Gasteiger partial charge on any atom is 0.356 e. The molecule has 0 spiro atoms. The summed E-state index contributed by atoms with van der Waals surface area (Å²) in [5.74, 6) is -1.56. The third-order valence-electron chi connectivity index (χ3n) is 3.89. The number of morpholine rings is 1. The van der Waals surface area contributed by atoms with Gasteiger partial charge >= 0.3 is 5.97 Å². The van der Waals surface area contributed by atoms with Crippen molar-refractivity contribution in [1.29, 1.82) is 0 Å². The molecule has 0 aromatic heterocycles. The van der Waals surface area contributed by atoms with Crippen molar-refractivity contribution in [1.82, 2.24) is 5.32 Å². The molecule has 0 aliphatic carbocycles. The van der Waals surface area contributed by atoms with Gasteiger partial charge in [0.15, 0.2) is 11.5 Å². The summed E-state index contributed by atoms with van der Waals surface area (Å²) < 4.78 is 5.34. The highest BCUT2D eigenvalue weighted by Gasteiger charge is 2.22. The summed E-state index contributed by atoms with van der Waals surface area (Å²) in [6.45, 7) is 6.85. The zero-order chi connectivity index (χ0) is 16.4. The first-order chi connectivity index (χ1) is 11.1. The number of carboxylic acid groups (broad SMARTS) is 1. The number of carbonyl (C=O) groups is 1. The molecule has 0 bridgehead atoms. The lowest BCUT2D eigenvalue weighted by atomic mass is 10.0. The van der Waals surface area contributed by atoms with E-state index in [1.807, 2.05) is 24.3 Å². The molecule has 0 atom stereocenters. The average molecular weight is 314 g/mol. The van der Waals surface area contributed by atoms with Crippen LogP contribution in [0.5, 0.6) is 0 Å². The van der Waals surface area contributed by atoms with E-state index in [1.54, 1.807) is 6.08 Å². The Morgan fingerprint density at radius 3 is 2.48 bits per heavy atom. The van der Waals surface area contributed by atoms with Gasteiger partial charge in [0.2, 0.25) is 0 Å². The molecule has 120 valence electrons. The number of hydrogen-bond donors (Lipinski definition) is 3. The average Bonchev–Trinajstić information content (AvgIpc) is 2.58. The molecule has 0 radical (unpaired) electrons. The van der Waals surface area contributed by atoms with E-state index in [4.69, 9.17) is 9.84 Å². The lowest BCUT2D eigenvalue weighted by Crippen LogP contribution is -2.36.